The van der Waals surface area contributed by atoms with E-state index < -0.39 is 0 Å². The highest BCUT2D eigenvalue weighted by molar-refractivity contribution is 6.35. The van der Waals surface area contributed by atoms with Crippen molar-refractivity contribution in [2.45, 2.75) is 44.9 Å². The molecule has 0 radical (unpaired) electrons. The summed E-state index contributed by atoms with van der Waals surface area (Å²) in [5.41, 5.74) is 0.850. The predicted octanol–water partition coefficient (Wildman–Crippen LogP) is 6.08. The fourth-order valence-corrected chi connectivity index (χ4v) is 2.54. The standard InChI is InChI=1S/C14H19Cl3O/c1-2-3-4-5-6-7-18-14-11(10-15)8-12(16)9-13(14)17/h8-9H,2-7,10H2,1H3. The minimum absolute atomic E-state index is 0.353. The molecule has 0 saturated heterocycles. The van der Waals surface area contributed by atoms with Gasteiger partial charge in [-0.25, -0.2) is 0 Å². The van der Waals surface area contributed by atoms with Crippen LogP contribution in [-0.2, 0) is 5.88 Å². The molecule has 18 heavy (non-hydrogen) atoms. The zero-order valence-electron chi connectivity index (χ0n) is 10.6. The molecule has 1 rings (SSSR count). The number of hydrogen-bond donors (Lipinski definition) is 0. The predicted molar refractivity (Wildman–Crippen MR) is 80.3 cm³/mol. The van der Waals surface area contributed by atoms with Gasteiger partial charge in [-0.05, 0) is 18.6 Å². The molecule has 0 heterocycles. The Morgan fingerprint density at radius 2 is 1.78 bits per heavy atom. The fraction of sp³-hybridized carbons (Fsp3) is 0.571. The van der Waals surface area contributed by atoms with Crippen molar-refractivity contribution in [3.63, 3.8) is 0 Å². The molecule has 0 atom stereocenters. The summed E-state index contributed by atoms with van der Waals surface area (Å²) < 4.78 is 5.72. The molecule has 0 aromatic heterocycles. The average molecular weight is 310 g/mol. The average Bonchev–Trinajstić information content (AvgIpc) is 2.35. The molecule has 102 valence electrons. The van der Waals surface area contributed by atoms with Gasteiger partial charge < -0.3 is 4.74 Å². The molecule has 0 N–H and O–H groups in total. The van der Waals surface area contributed by atoms with E-state index in [0.717, 1.165) is 12.0 Å². The van der Waals surface area contributed by atoms with Crippen LogP contribution in [0.15, 0.2) is 12.1 Å². The van der Waals surface area contributed by atoms with Crippen LogP contribution in [0.3, 0.4) is 0 Å². The summed E-state index contributed by atoms with van der Waals surface area (Å²) in [4.78, 5) is 0. The van der Waals surface area contributed by atoms with Gasteiger partial charge in [0.25, 0.3) is 0 Å². The lowest BCUT2D eigenvalue weighted by atomic mass is 10.2. The molecular weight excluding hydrogens is 291 g/mol. The smallest absolute Gasteiger partial charge is 0.142 e. The zero-order chi connectivity index (χ0) is 13.4. The molecule has 0 aliphatic rings. The molecule has 0 saturated carbocycles. The van der Waals surface area contributed by atoms with Crippen LogP contribution in [0.5, 0.6) is 5.75 Å². The van der Waals surface area contributed by atoms with Crippen LogP contribution in [0, 0.1) is 0 Å². The molecule has 0 aliphatic carbocycles. The van der Waals surface area contributed by atoms with Gasteiger partial charge in [0.15, 0.2) is 0 Å². The first-order chi connectivity index (χ1) is 8.69. The van der Waals surface area contributed by atoms with Crippen molar-refractivity contribution < 1.29 is 4.74 Å². The third kappa shape index (κ3) is 5.26. The molecule has 4 heteroatoms. The topological polar surface area (TPSA) is 9.23 Å². The summed E-state index contributed by atoms with van der Waals surface area (Å²) in [5, 5.41) is 1.12. The van der Waals surface area contributed by atoms with Gasteiger partial charge in [0.1, 0.15) is 5.75 Å². The van der Waals surface area contributed by atoms with E-state index >= 15 is 0 Å². The lowest BCUT2D eigenvalue weighted by molar-refractivity contribution is 0.302. The van der Waals surface area contributed by atoms with Gasteiger partial charge in [-0.2, -0.15) is 0 Å². The molecule has 1 aromatic rings. The Hall–Kier alpha value is -0.110. The molecular formula is C14H19Cl3O. The van der Waals surface area contributed by atoms with E-state index in [2.05, 4.69) is 6.92 Å². The van der Waals surface area contributed by atoms with Gasteiger partial charge in [0.05, 0.1) is 17.5 Å². The fourth-order valence-electron chi connectivity index (χ4n) is 1.75. The first kappa shape index (κ1) is 15.9. The Morgan fingerprint density at radius 3 is 2.44 bits per heavy atom. The van der Waals surface area contributed by atoms with Crippen molar-refractivity contribution in [3.05, 3.63) is 27.7 Å². The van der Waals surface area contributed by atoms with E-state index in [0.29, 0.717) is 28.3 Å². The second-order valence-electron chi connectivity index (χ2n) is 4.27. The molecule has 1 nitrogen and oxygen atoms in total. The van der Waals surface area contributed by atoms with Crippen molar-refractivity contribution in [1.82, 2.24) is 0 Å². The highest BCUT2D eigenvalue weighted by Crippen LogP contribution is 2.33. The highest BCUT2D eigenvalue weighted by atomic mass is 35.5. The Bertz CT molecular complexity index is 366. The number of alkyl halides is 1. The minimum atomic E-state index is 0.353. The van der Waals surface area contributed by atoms with Gasteiger partial charge in [0, 0.05) is 10.6 Å². The maximum Gasteiger partial charge on any atom is 0.142 e. The van der Waals surface area contributed by atoms with Gasteiger partial charge >= 0.3 is 0 Å². The van der Waals surface area contributed by atoms with Crippen LogP contribution >= 0.6 is 34.8 Å². The highest BCUT2D eigenvalue weighted by Gasteiger charge is 2.09. The maximum absolute atomic E-state index is 6.11. The normalized spacial score (nSPS) is 10.7. The molecule has 0 amide bonds. The SMILES string of the molecule is CCCCCCCOc1c(Cl)cc(Cl)cc1CCl. The Morgan fingerprint density at radius 1 is 1.06 bits per heavy atom. The number of rotatable bonds is 8. The molecule has 1 aromatic carbocycles. The van der Waals surface area contributed by atoms with Gasteiger partial charge in [0.2, 0.25) is 0 Å². The van der Waals surface area contributed by atoms with Crippen LogP contribution in [0.25, 0.3) is 0 Å². The van der Waals surface area contributed by atoms with Crippen molar-refractivity contribution in [2.24, 2.45) is 0 Å². The molecule has 0 bridgehead atoms. The van der Waals surface area contributed by atoms with E-state index in [1.54, 1.807) is 12.1 Å². The van der Waals surface area contributed by atoms with Gasteiger partial charge in [-0.3, -0.25) is 0 Å². The third-order valence-electron chi connectivity index (χ3n) is 2.72. The van der Waals surface area contributed by atoms with Gasteiger partial charge in [-0.1, -0.05) is 55.8 Å². The first-order valence-electron chi connectivity index (χ1n) is 6.35. The first-order valence-corrected chi connectivity index (χ1v) is 7.64. The van der Waals surface area contributed by atoms with E-state index in [-0.39, 0.29) is 0 Å². The largest absolute Gasteiger partial charge is 0.492 e. The molecule has 0 fully saturated rings. The molecule has 0 unspecified atom stereocenters. The van der Waals surface area contributed by atoms with Crippen LogP contribution in [0.2, 0.25) is 10.0 Å². The Labute approximate surface area is 124 Å². The summed E-state index contributed by atoms with van der Waals surface area (Å²) in [6.07, 6.45) is 6.03. The number of ether oxygens (including phenoxy) is 1. The maximum atomic E-state index is 6.11. The molecule has 0 spiro atoms. The number of unbranched alkanes of at least 4 members (excludes halogenated alkanes) is 4. The van der Waals surface area contributed by atoms with E-state index in [4.69, 9.17) is 39.5 Å². The number of hydrogen-bond acceptors (Lipinski definition) is 1. The number of benzene rings is 1. The van der Waals surface area contributed by atoms with Crippen LogP contribution in [-0.4, -0.2) is 6.61 Å². The number of halogens is 3. The van der Waals surface area contributed by atoms with Crippen LogP contribution in [0.4, 0.5) is 0 Å². The Kier molecular flexibility index (Phi) is 7.88. The summed E-state index contributed by atoms with van der Waals surface area (Å²) in [6.45, 7) is 2.88. The summed E-state index contributed by atoms with van der Waals surface area (Å²) in [5.74, 6) is 1.03. The Balaban J connectivity index is 2.46. The van der Waals surface area contributed by atoms with Crippen molar-refractivity contribution in [2.75, 3.05) is 6.61 Å². The second-order valence-corrected chi connectivity index (χ2v) is 5.38. The van der Waals surface area contributed by atoms with E-state index in [1.165, 1.54) is 25.7 Å². The lowest BCUT2D eigenvalue weighted by Gasteiger charge is -2.12. The summed E-state index contributed by atoms with van der Waals surface area (Å²) >= 11 is 17.9. The zero-order valence-corrected chi connectivity index (χ0v) is 12.9. The van der Waals surface area contributed by atoms with Crippen molar-refractivity contribution >= 4 is 34.8 Å². The quantitative estimate of drug-likeness (QED) is 0.417. The minimum Gasteiger partial charge on any atom is -0.492 e. The van der Waals surface area contributed by atoms with Crippen molar-refractivity contribution in [3.8, 4) is 5.75 Å². The summed E-state index contributed by atoms with van der Waals surface area (Å²) in [6, 6.07) is 3.48. The summed E-state index contributed by atoms with van der Waals surface area (Å²) in [7, 11) is 0. The molecule has 0 aliphatic heterocycles. The van der Waals surface area contributed by atoms with Crippen LogP contribution in [0.1, 0.15) is 44.6 Å². The third-order valence-corrected chi connectivity index (χ3v) is 3.51. The van der Waals surface area contributed by atoms with E-state index in [9.17, 15) is 0 Å². The second kappa shape index (κ2) is 8.90. The van der Waals surface area contributed by atoms with Crippen LogP contribution < -0.4 is 4.74 Å². The lowest BCUT2D eigenvalue weighted by Crippen LogP contribution is -2.00. The monoisotopic (exact) mass is 308 g/mol. The van der Waals surface area contributed by atoms with E-state index in [1.807, 2.05) is 0 Å². The van der Waals surface area contributed by atoms with Crippen molar-refractivity contribution in [1.29, 1.82) is 0 Å². The van der Waals surface area contributed by atoms with Gasteiger partial charge in [-0.15, -0.1) is 11.6 Å².